The van der Waals surface area contributed by atoms with E-state index in [-0.39, 0.29) is 0 Å². The van der Waals surface area contributed by atoms with Gasteiger partial charge in [0.25, 0.3) is 0 Å². The molecule has 0 aromatic rings. The fraction of sp³-hybridized carbons (Fsp3) is 0.933. The Labute approximate surface area is 106 Å². The molecular formula is C15H28N2. The van der Waals surface area contributed by atoms with Crippen LogP contribution in [-0.4, -0.2) is 25.3 Å². The number of nitrogens with zero attached hydrogens (tertiary/aromatic N) is 1. The van der Waals surface area contributed by atoms with Crippen molar-refractivity contribution in [1.82, 2.24) is 5.32 Å². The molecule has 4 atom stereocenters. The zero-order valence-electron chi connectivity index (χ0n) is 12.1. The standard InChI is InChI=1S/C15H28N2/c1-10(2)17-9-12-7-6-8-15(4)13(14(12)15)11(3)16-5/h10,12-14,17H,6-9H2,1-5H3/t12?,13-,14?,15?/m1/s1. The number of hydrogen-bond acceptors (Lipinski definition) is 2. The van der Waals surface area contributed by atoms with Gasteiger partial charge in [-0.15, -0.1) is 0 Å². The summed E-state index contributed by atoms with van der Waals surface area (Å²) in [5.41, 5.74) is 1.96. The highest BCUT2D eigenvalue weighted by molar-refractivity contribution is 5.88. The number of nitrogens with one attached hydrogen (secondary N) is 1. The molecule has 0 amide bonds. The highest BCUT2D eigenvalue weighted by Crippen LogP contribution is 2.68. The molecule has 2 saturated carbocycles. The first-order chi connectivity index (χ1) is 8.00. The normalized spacial score (nSPS) is 41.5. The Hall–Kier alpha value is -0.370. The van der Waals surface area contributed by atoms with Gasteiger partial charge >= 0.3 is 0 Å². The van der Waals surface area contributed by atoms with E-state index in [0.717, 1.165) is 17.8 Å². The molecule has 0 aromatic heterocycles. The Morgan fingerprint density at radius 3 is 2.76 bits per heavy atom. The van der Waals surface area contributed by atoms with Gasteiger partial charge < -0.3 is 5.32 Å². The largest absolute Gasteiger partial charge is 0.314 e. The molecule has 17 heavy (non-hydrogen) atoms. The fourth-order valence-corrected chi connectivity index (χ4v) is 4.15. The van der Waals surface area contributed by atoms with Gasteiger partial charge in [-0.1, -0.05) is 27.2 Å². The second-order valence-electron chi connectivity index (χ2n) is 6.59. The lowest BCUT2D eigenvalue weighted by atomic mass is 9.82. The molecule has 2 nitrogen and oxygen atoms in total. The second-order valence-corrected chi connectivity index (χ2v) is 6.59. The number of rotatable bonds is 4. The summed E-state index contributed by atoms with van der Waals surface area (Å²) in [6, 6.07) is 0.612. The molecule has 0 spiro atoms. The first-order valence-electron chi connectivity index (χ1n) is 7.17. The minimum absolute atomic E-state index is 0.575. The Bertz CT molecular complexity index is 308. The van der Waals surface area contributed by atoms with Gasteiger partial charge in [0.15, 0.2) is 0 Å². The molecule has 2 fully saturated rings. The van der Waals surface area contributed by atoms with E-state index in [1.165, 1.54) is 31.5 Å². The van der Waals surface area contributed by atoms with Crippen LogP contribution in [0.15, 0.2) is 4.99 Å². The van der Waals surface area contributed by atoms with Crippen molar-refractivity contribution in [3.05, 3.63) is 0 Å². The summed E-state index contributed by atoms with van der Waals surface area (Å²) in [5.74, 6) is 2.54. The van der Waals surface area contributed by atoms with Crippen molar-refractivity contribution < 1.29 is 0 Å². The fourth-order valence-electron chi connectivity index (χ4n) is 4.15. The third-order valence-corrected chi connectivity index (χ3v) is 5.11. The molecule has 2 heteroatoms. The SMILES string of the molecule is CN=C(C)[C@@H]1C2C(CNC(C)C)CCCC21C. The highest BCUT2D eigenvalue weighted by Gasteiger charge is 2.65. The van der Waals surface area contributed by atoms with Crippen molar-refractivity contribution in [1.29, 1.82) is 0 Å². The van der Waals surface area contributed by atoms with Crippen LogP contribution in [0.5, 0.6) is 0 Å². The second kappa shape index (κ2) is 4.72. The molecule has 0 bridgehead atoms. The third kappa shape index (κ3) is 2.29. The first kappa shape index (κ1) is 13.1. The van der Waals surface area contributed by atoms with Crippen LogP contribution in [-0.2, 0) is 0 Å². The molecule has 1 N–H and O–H groups in total. The Balaban J connectivity index is 2.02. The first-order valence-corrected chi connectivity index (χ1v) is 7.17. The van der Waals surface area contributed by atoms with Gasteiger partial charge in [0, 0.05) is 24.7 Å². The Kier molecular flexibility index (Phi) is 3.63. The quantitative estimate of drug-likeness (QED) is 0.745. The lowest BCUT2D eigenvalue weighted by Gasteiger charge is -2.26. The molecule has 2 aliphatic carbocycles. The molecule has 0 aliphatic heterocycles. The zero-order valence-corrected chi connectivity index (χ0v) is 12.1. The van der Waals surface area contributed by atoms with E-state index in [4.69, 9.17) is 0 Å². The highest BCUT2D eigenvalue weighted by atomic mass is 14.9. The van der Waals surface area contributed by atoms with Gasteiger partial charge in [0.1, 0.15) is 0 Å². The van der Waals surface area contributed by atoms with Crippen molar-refractivity contribution >= 4 is 5.71 Å². The smallest absolute Gasteiger partial charge is 0.0276 e. The van der Waals surface area contributed by atoms with Crippen molar-refractivity contribution in [2.45, 2.75) is 53.0 Å². The van der Waals surface area contributed by atoms with Crippen molar-refractivity contribution in [3.63, 3.8) is 0 Å². The summed E-state index contributed by atoms with van der Waals surface area (Å²) in [6.07, 6.45) is 4.23. The predicted molar refractivity (Wildman–Crippen MR) is 74.6 cm³/mol. The number of fused-ring (bicyclic) bond motifs is 1. The van der Waals surface area contributed by atoms with Gasteiger partial charge in [0.2, 0.25) is 0 Å². The van der Waals surface area contributed by atoms with Crippen LogP contribution >= 0.6 is 0 Å². The topological polar surface area (TPSA) is 24.4 Å². The van der Waals surface area contributed by atoms with Crippen LogP contribution in [0.1, 0.15) is 47.0 Å². The van der Waals surface area contributed by atoms with Gasteiger partial charge in [-0.2, -0.15) is 0 Å². The van der Waals surface area contributed by atoms with Gasteiger partial charge in [-0.25, -0.2) is 0 Å². The van der Waals surface area contributed by atoms with E-state index >= 15 is 0 Å². The van der Waals surface area contributed by atoms with E-state index in [0.29, 0.717) is 11.5 Å². The molecule has 98 valence electrons. The lowest BCUT2D eigenvalue weighted by molar-refractivity contribution is 0.259. The van der Waals surface area contributed by atoms with Crippen LogP contribution in [0.25, 0.3) is 0 Å². The molecule has 3 unspecified atom stereocenters. The molecular weight excluding hydrogens is 208 g/mol. The average Bonchev–Trinajstić information content (AvgIpc) is 2.91. The molecule has 2 rings (SSSR count). The maximum Gasteiger partial charge on any atom is 0.0276 e. The van der Waals surface area contributed by atoms with Crippen LogP contribution in [0.2, 0.25) is 0 Å². The van der Waals surface area contributed by atoms with Gasteiger partial charge in [0.05, 0.1) is 0 Å². The maximum atomic E-state index is 4.45. The average molecular weight is 236 g/mol. The van der Waals surface area contributed by atoms with Gasteiger partial charge in [-0.3, -0.25) is 4.99 Å². The maximum absolute atomic E-state index is 4.45. The number of hydrogen-bond donors (Lipinski definition) is 1. The van der Waals surface area contributed by atoms with E-state index in [9.17, 15) is 0 Å². The molecule has 0 heterocycles. The molecule has 2 aliphatic rings. The van der Waals surface area contributed by atoms with E-state index in [2.05, 4.69) is 38.0 Å². The van der Waals surface area contributed by atoms with Crippen molar-refractivity contribution in [2.75, 3.05) is 13.6 Å². The molecule has 0 radical (unpaired) electrons. The summed E-state index contributed by atoms with van der Waals surface area (Å²) in [4.78, 5) is 4.45. The van der Waals surface area contributed by atoms with Crippen molar-refractivity contribution in [3.8, 4) is 0 Å². The minimum Gasteiger partial charge on any atom is -0.314 e. The zero-order chi connectivity index (χ0) is 12.6. The third-order valence-electron chi connectivity index (χ3n) is 5.11. The molecule has 0 saturated heterocycles. The van der Waals surface area contributed by atoms with Crippen LogP contribution < -0.4 is 5.32 Å². The minimum atomic E-state index is 0.575. The summed E-state index contributed by atoms with van der Waals surface area (Å²) >= 11 is 0. The van der Waals surface area contributed by atoms with Crippen LogP contribution in [0.4, 0.5) is 0 Å². The lowest BCUT2D eigenvalue weighted by Crippen LogP contribution is -2.32. The summed E-state index contributed by atoms with van der Waals surface area (Å²) in [5, 5.41) is 3.63. The van der Waals surface area contributed by atoms with E-state index in [1.54, 1.807) is 0 Å². The summed E-state index contributed by atoms with van der Waals surface area (Å²) < 4.78 is 0. The van der Waals surface area contributed by atoms with E-state index < -0.39 is 0 Å². The Morgan fingerprint density at radius 1 is 1.47 bits per heavy atom. The predicted octanol–water partition coefficient (Wildman–Crippen LogP) is 3.13. The summed E-state index contributed by atoms with van der Waals surface area (Å²) in [7, 11) is 1.95. The monoisotopic (exact) mass is 236 g/mol. The van der Waals surface area contributed by atoms with Crippen LogP contribution in [0, 0.1) is 23.2 Å². The number of aliphatic imine (C=N–C) groups is 1. The van der Waals surface area contributed by atoms with E-state index in [1.807, 2.05) is 7.05 Å². The summed E-state index contributed by atoms with van der Waals surface area (Å²) in [6.45, 7) is 10.4. The van der Waals surface area contributed by atoms with Crippen LogP contribution in [0.3, 0.4) is 0 Å². The molecule has 0 aromatic carbocycles. The van der Waals surface area contributed by atoms with Crippen molar-refractivity contribution in [2.24, 2.45) is 28.2 Å². The Morgan fingerprint density at radius 2 is 2.18 bits per heavy atom. The van der Waals surface area contributed by atoms with Gasteiger partial charge in [-0.05, 0) is 43.6 Å².